The van der Waals surface area contributed by atoms with Gasteiger partial charge in [0.2, 0.25) is 18.3 Å². The highest BCUT2D eigenvalue weighted by atomic mass is 35.6. The Hall–Kier alpha value is -1.82. The molecule has 5 atom stereocenters. The summed E-state index contributed by atoms with van der Waals surface area (Å²) in [6.07, 6.45) is -6.93. The second kappa shape index (κ2) is 12.4. The number of nitrogens with one attached hydrogen (secondary N) is 1. The number of esters is 4. The highest BCUT2D eigenvalue weighted by Crippen LogP contribution is 2.34. The lowest BCUT2D eigenvalue weighted by Gasteiger charge is -2.43. The van der Waals surface area contributed by atoms with E-state index >= 15 is 0 Å². The van der Waals surface area contributed by atoms with Crippen molar-refractivity contribution in [3.05, 3.63) is 0 Å². The van der Waals surface area contributed by atoms with Gasteiger partial charge in [-0.15, -0.1) is 0 Å². The first-order valence-corrected chi connectivity index (χ1v) is 10.6. The van der Waals surface area contributed by atoms with Crippen molar-refractivity contribution >= 4 is 64.6 Å². The lowest BCUT2D eigenvalue weighted by Crippen LogP contribution is -2.64. The van der Waals surface area contributed by atoms with E-state index in [1.165, 1.54) is 0 Å². The lowest BCUT2D eigenvalue weighted by atomic mass is 9.97. The number of unbranched alkanes of at least 4 members (excludes halogenated alkanes) is 1. The maximum atomic E-state index is 12.7. The zero-order valence-corrected chi connectivity index (χ0v) is 20.0. The summed E-state index contributed by atoms with van der Waals surface area (Å²) in [5.74, 6) is -4.49. The van der Waals surface area contributed by atoms with Crippen LogP contribution in [0.15, 0.2) is 0 Å². The number of hydrogen-bond acceptors (Lipinski definition) is 11. The minimum absolute atomic E-state index is 0.0308. The standard InChI is InChI=1S/C18H24Cl3NO10/c1-5-6-7-27-15(26)13-11(28-8(2)23)12(29-9(3)24)14(30-10(4)25)16(31-13)32-17(22)18(19,20)21/h11-14,16,22H,5-7H2,1-4H3/t11-,12-,13-,14+,16+/m0/s1. The van der Waals surface area contributed by atoms with Gasteiger partial charge in [-0.2, -0.15) is 0 Å². The summed E-state index contributed by atoms with van der Waals surface area (Å²) in [4.78, 5) is 47.8. The molecule has 0 unspecified atom stereocenters. The van der Waals surface area contributed by atoms with E-state index in [2.05, 4.69) is 0 Å². The van der Waals surface area contributed by atoms with Crippen molar-refractivity contribution in [2.24, 2.45) is 0 Å². The van der Waals surface area contributed by atoms with Crippen LogP contribution in [0.5, 0.6) is 0 Å². The number of ether oxygens (including phenoxy) is 6. The molecule has 0 aromatic rings. The third kappa shape index (κ3) is 8.61. The molecule has 1 aliphatic heterocycles. The van der Waals surface area contributed by atoms with Crippen molar-refractivity contribution < 1.29 is 47.6 Å². The van der Waals surface area contributed by atoms with E-state index in [4.69, 9.17) is 68.6 Å². The van der Waals surface area contributed by atoms with Crippen molar-refractivity contribution in [1.82, 2.24) is 0 Å². The van der Waals surface area contributed by atoms with E-state index < -0.39 is 64.3 Å². The fourth-order valence-electron chi connectivity index (χ4n) is 2.64. The van der Waals surface area contributed by atoms with Crippen LogP contribution in [-0.4, -0.2) is 70.9 Å². The highest BCUT2D eigenvalue weighted by Gasteiger charge is 2.56. The van der Waals surface area contributed by atoms with Crippen LogP contribution in [0.2, 0.25) is 0 Å². The molecule has 0 aromatic carbocycles. The van der Waals surface area contributed by atoms with Gasteiger partial charge in [-0.25, -0.2) is 4.79 Å². The van der Waals surface area contributed by atoms with E-state index in [0.29, 0.717) is 6.42 Å². The fraction of sp³-hybridized carbons (Fsp3) is 0.722. The second-order valence-corrected chi connectivity index (χ2v) is 8.89. The largest absolute Gasteiger partial charge is 0.464 e. The molecule has 182 valence electrons. The van der Waals surface area contributed by atoms with Gasteiger partial charge in [0.25, 0.3) is 3.79 Å². The van der Waals surface area contributed by atoms with Crippen LogP contribution in [0.3, 0.4) is 0 Å². The quantitative estimate of drug-likeness (QED) is 0.126. The number of hydrogen-bond donors (Lipinski definition) is 1. The van der Waals surface area contributed by atoms with E-state index in [9.17, 15) is 19.2 Å². The molecule has 0 aliphatic carbocycles. The maximum Gasteiger partial charge on any atom is 0.339 e. The Morgan fingerprint density at radius 3 is 1.84 bits per heavy atom. The Kier molecular flexibility index (Phi) is 11.0. The molecule has 1 aliphatic rings. The molecule has 0 saturated carbocycles. The highest BCUT2D eigenvalue weighted by molar-refractivity contribution is 6.76. The minimum atomic E-state index is -2.33. The molecule has 32 heavy (non-hydrogen) atoms. The SMILES string of the molecule is CCCCOC(=O)[C@H]1O[C@H](OC(=N)C(Cl)(Cl)Cl)[C@H](OC(C)=O)[C@@H](OC(C)=O)[C@@H]1OC(C)=O. The smallest absolute Gasteiger partial charge is 0.339 e. The second-order valence-electron chi connectivity index (χ2n) is 6.61. The molecular weight excluding hydrogens is 497 g/mol. The number of rotatable bonds is 8. The fourth-order valence-corrected chi connectivity index (χ4v) is 2.77. The van der Waals surface area contributed by atoms with Crippen LogP contribution in [0, 0.1) is 5.41 Å². The zero-order valence-electron chi connectivity index (χ0n) is 17.7. The van der Waals surface area contributed by atoms with Gasteiger partial charge in [0.1, 0.15) is 0 Å². The van der Waals surface area contributed by atoms with Gasteiger partial charge >= 0.3 is 23.9 Å². The Morgan fingerprint density at radius 2 is 1.38 bits per heavy atom. The molecule has 14 heteroatoms. The van der Waals surface area contributed by atoms with Crippen LogP contribution in [-0.2, 0) is 47.6 Å². The van der Waals surface area contributed by atoms with Gasteiger partial charge in [0.05, 0.1) is 6.61 Å². The molecule has 0 spiro atoms. The first-order valence-electron chi connectivity index (χ1n) is 9.44. The van der Waals surface area contributed by atoms with Crippen molar-refractivity contribution in [2.45, 2.75) is 75.0 Å². The van der Waals surface area contributed by atoms with Crippen LogP contribution < -0.4 is 0 Å². The summed E-state index contributed by atoms with van der Waals surface area (Å²) in [6, 6.07) is 0. The van der Waals surface area contributed by atoms with Crippen LogP contribution in [0.4, 0.5) is 0 Å². The molecule has 1 rings (SSSR count). The van der Waals surface area contributed by atoms with E-state index in [1.807, 2.05) is 6.92 Å². The minimum Gasteiger partial charge on any atom is -0.464 e. The Bertz CT molecular complexity index is 726. The predicted octanol–water partition coefficient (Wildman–Crippen LogP) is 2.21. The third-order valence-electron chi connectivity index (χ3n) is 3.87. The molecule has 1 N–H and O–H groups in total. The molecule has 1 fully saturated rings. The Balaban J connectivity index is 3.41. The Labute approximate surface area is 199 Å². The lowest BCUT2D eigenvalue weighted by molar-refractivity contribution is -0.286. The molecule has 1 heterocycles. The monoisotopic (exact) mass is 519 g/mol. The van der Waals surface area contributed by atoms with E-state index in [-0.39, 0.29) is 6.61 Å². The van der Waals surface area contributed by atoms with E-state index in [0.717, 1.165) is 27.2 Å². The number of carbonyl (C=O) groups excluding carboxylic acids is 4. The topological polar surface area (TPSA) is 148 Å². The van der Waals surface area contributed by atoms with Crippen LogP contribution in [0.1, 0.15) is 40.5 Å². The zero-order chi connectivity index (χ0) is 24.6. The van der Waals surface area contributed by atoms with Crippen molar-refractivity contribution in [2.75, 3.05) is 6.61 Å². The van der Waals surface area contributed by atoms with Crippen LogP contribution in [0.25, 0.3) is 0 Å². The molecule has 0 amide bonds. The van der Waals surface area contributed by atoms with Crippen molar-refractivity contribution in [3.8, 4) is 0 Å². The average molecular weight is 521 g/mol. The molecule has 1 saturated heterocycles. The first-order chi connectivity index (χ1) is 14.8. The summed E-state index contributed by atoms with van der Waals surface area (Å²) in [5, 5.41) is 7.78. The predicted molar refractivity (Wildman–Crippen MR) is 110 cm³/mol. The number of halogens is 3. The van der Waals surface area contributed by atoms with Gasteiger partial charge in [0, 0.05) is 20.8 Å². The maximum absolute atomic E-state index is 12.7. The molecule has 0 radical (unpaired) electrons. The third-order valence-corrected chi connectivity index (χ3v) is 4.38. The van der Waals surface area contributed by atoms with Gasteiger partial charge < -0.3 is 28.4 Å². The van der Waals surface area contributed by atoms with Gasteiger partial charge in [0.15, 0.2) is 18.3 Å². The molecular formula is C18H24Cl3NO10. The van der Waals surface area contributed by atoms with Gasteiger partial charge in [-0.3, -0.25) is 19.8 Å². The van der Waals surface area contributed by atoms with Crippen molar-refractivity contribution in [3.63, 3.8) is 0 Å². The molecule has 11 nitrogen and oxygen atoms in total. The van der Waals surface area contributed by atoms with Gasteiger partial charge in [-0.1, -0.05) is 48.1 Å². The summed E-state index contributed by atoms with van der Waals surface area (Å²) in [7, 11) is 0. The molecule has 0 aromatic heterocycles. The number of alkyl halides is 3. The Morgan fingerprint density at radius 1 is 0.875 bits per heavy atom. The first kappa shape index (κ1) is 28.2. The van der Waals surface area contributed by atoms with Crippen LogP contribution >= 0.6 is 34.8 Å². The van der Waals surface area contributed by atoms with E-state index in [1.54, 1.807) is 0 Å². The number of carbonyl (C=O) groups is 4. The summed E-state index contributed by atoms with van der Waals surface area (Å²) in [5.41, 5.74) is 0. The normalized spacial score (nSPS) is 25.3. The van der Waals surface area contributed by atoms with Crippen molar-refractivity contribution in [1.29, 1.82) is 5.41 Å². The molecule has 0 bridgehead atoms. The average Bonchev–Trinajstić information content (AvgIpc) is 2.64. The summed E-state index contributed by atoms with van der Waals surface area (Å²) in [6.45, 7) is 5.03. The summed E-state index contributed by atoms with van der Waals surface area (Å²) < 4.78 is 29.0. The summed E-state index contributed by atoms with van der Waals surface area (Å²) >= 11 is 16.9. The van der Waals surface area contributed by atoms with Gasteiger partial charge in [-0.05, 0) is 6.42 Å².